The molecule has 0 nitrogen and oxygen atoms in total. The van der Waals surface area contributed by atoms with E-state index in [2.05, 4.69) is 15.1 Å². The average molecular weight is 221 g/mol. The molecule has 1 rings (SSSR count). The van der Waals surface area contributed by atoms with Gasteiger partial charge in [-0.25, -0.2) is 0 Å². The number of benzene rings is 1. The van der Waals surface area contributed by atoms with Gasteiger partial charge in [-0.05, 0) is 0 Å². The van der Waals surface area contributed by atoms with Crippen molar-refractivity contribution in [2.45, 2.75) is 0 Å². The van der Waals surface area contributed by atoms with Crippen LogP contribution in [0, 0.1) is 0 Å². The van der Waals surface area contributed by atoms with E-state index in [1.807, 2.05) is 24.3 Å². The van der Waals surface area contributed by atoms with E-state index in [9.17, 15) is 0 Å². The van der Waals surface area contributed by atoms with Crippen molar-refractivity contribution in [2.75, 3.05) is 0 Å². The Morgan fingerprint density at radius 2 is 1.78 bits per heavy atom. The van der Waals surface area contributed by atoms with Crippen LogP contribution in [0.15, 0.2) is 24.3 Å². The maximum absolute atomic E-state index is 5.66. The van der Waals surface area contributed by atoms with Gasteiger partial charge in [-0.1, -0.05) is 0 Å². The second-order valence-corrected chi connectivity index (χ2v) is 3.85. The monoisotopic (exact) mass is 222 g/mol. The topological polar surface area (TPSA) is 0 Å². The van der Waals surface area contributed by atoms with Crippen molar-refractivity contribution in [3.63, 3.8) is 0 Å². The molecule has 0 bridgehead atoms. The summed E-state index contributed by atoms with van der Waals surface area (Å²) in [5.41, 5.74) is 0. The molecule has 0 heterocycles. The van der Waals surface area contributed by atoms with Gasteiger partial charge in [-0.3, -0.25) is 0 Å². The minimum absolute atomic E-state index is 0.794. The molecule has 1 aromatic rings. The van der Waals surface area contributed by atoms with Crippen molar-refractivity contribution in [2.24, 2.45) is 0 Å². The molecule has 0 saturated heterocycles. The summed E-state index contributed by atoms with van der Waals surface area (Å²) in [6.07, 6.45) is 0. The fourth-order valence-electron chi connectivity index (χ4n) is 0.502. The first kappa shape index (κ1) is 7.44. The summed E-state index contributed by atoms with van der Waals surface area (Å²) in [5, 5.41) is 2.04. The molecule has 3 heteroatoms. The molecule has 0 atom stereocenters. The summed E-state index contributed by atoms with van der Waals surface area (Å²) < 4.78 is 0. The molecule has 0 radical (unpaired) electrons. The third-order valence-electron chi connectivity index (χ3n) is 0.932. The molecule has 0 unspecified atom stereocenters. The van der Waals surface area contributed by atoms with Gasteiger partial charge in [0, 0.05) is 0 Å². The Balaban J connectivity index is 3.01. The van der Waals surface area contributed by atoms with Crippen LogP contribution in [0.5, 0.6) is 0 Å². The first-order valence-corrected chi connectivity index (χ1v) is 5.91. The van der Waals surface area contributed by atoms with E-state index < -0.39 is 0 Å². The number of hydrogen-bond acceptors (Lipinski definition) is 0. The Morgan fingerprint density at radius 1 is 1.22 bits per heavy atom. The van der Waals surface area contributed by atoms with Gasteiger partial charge in [-0.15, -0.1) is 0 Å². The van der Waals surface area contributed by atoms with Crippen LogP contribution in [-0.2, 0) is 0 Å². The van der Waals surface area contributed by atoms with Crippen molar-refractivity contribution >= 4 is 38.8 Å². The van der Waals surface area contributed by atoms with E-state index in [-0.39, 0.29) is 0 Å². The number of rotatable bonds is 1. The molecule has 1 aromatic carbocycles. The van der Waals surface area contributed by atoms with E-state index in [0.717, 1.165) is 5.02 Å². The van der Waals surface area contributed by atoms with Crippen molar-refractivity contribution in [3.8, 4) is 0 Å². The van der Waals surface area contributed by atoms with Crippen molar-refractivity contribution in [3.05, 3.63) is 29.3 Å². The van der Waals surface area contributed by atoms with Crippen LogP contribution < -0.4 is 5.30 Å². The van der Waals surface area contributed by atoms with Gasteiger partial charge in [0.1, 0.15) is 0 Å². The predicted molar refractivity (Wildman–Crippen MR) is 43.8 cm³/mol. The zero-order valence-corrected chi connectivity index (χ0v) is 7.91. The van der Waals surface area contributed by atoms with Crippen molar-refractivity contribution in [1.82, 2.24) is 0 Å². The normalized spacial score (nSPS) is 9.89. The van der Waals surface area contributed by atoms with E-state index >= 15 is 0 Å². The van der Waals surface area contributed by atoms with Crippen LogP contribution in [0.3, 0.4) is 0 Å². The molecule has 46 valence electrons. The maximum atomic E-state index is 5.66. The summed E-state index contributed by atoms with van der Waals surface area (Å²) in [7, 11) is 0. The Kier molecular flexibility index (Phi) is 2.88. The van der Waals surface area contributed by atoms with E-state index in [1.54, 1.807) is 0 Å². The van der Waals surface area contributed by atoms with E-state index in [1.165, 1.54) is 12.1 Å². The number of halogens is 1. The van der Waals surface area contributed by atoms with E-state index in [4.69, 9.17) is 11.6 Å². The second-order valence-electron chi connectivity index (χ2n) is 1.57. The molecule has 0 N–H and O–H groups in total. The quantitative estimate of drug-likeness (QED) is 0.503. The average Bonchev–Trinajstić information content (AvgIpc) is 1.90. The Labute approximate surface area is 68.3 Å². The van der Waals surface area contributed by atoms with E-state index in [0.29, 0.717) is 0 Å². The van der Waals surface area contributed by atoms with Gasteiger partial charge in [0.2, 0.25) is 0 Å². The molecule has 0 aliphatic rings. The van der Waals surface area contributed by atoms with Gasteiger partial charge in [0.15, 0.2) is 0 Å². The minimum atomic E-state index is 0.794. The molecular weight excluding hydrogens is 217 g/mol. The molecule has 0 aliphatic heterocycles. The molecular formula is C6H4ClPSe. The van der Waals surface area contributed by atoms with Crippen LogP contribution in [0.2, 0.25) is 5.02 Å². The van der Waals surface area contributed by atoms with Gasteiger partial charge in [0.05, 0.1) is 0 Å². The van der Waals surface area contributed by atoms with Crippen LogP contribution in [0.1, 0.15) is 0 Å². The first-order valence-electron chi connectivity index (χ1n) is 2.42. The van der Waals surface area contributed by atoms with Crippen LogP contribution in [0.25, 0.3) is 0 Å². The van der Waals surface area contributed by atoms with Gasteiger partial charge >= 0.3 is 68.1 Å². The fourth-order valence-corrected chi connectivity index (χ4v) is 1.66. The molecule has 9 heavy (non-hydrogen) atoms. The zero-order chi connectivity index (χ0) is 6.69. The summed E-state index contributed by atoms with van der Waals surface area (Å²) >= 11 is 8.56. The molecule has 0 aliphatic carbocycles. The fraction of sp³-hybridized carbons (Fsp3) is 0. The summed E-state index contributed by atoms with van der Waals surface area (Å²) in [6.45, 7) is 1.17. The van der Waals surface area contributed by atoms with Crippen LogP contribution >= 0.6 is 18.4 Å². The zero-order valence-electron chi connectivity index (χ0n) is 4.54. The molecule has 0 aromatic heterocycles. The Hall–Kier alpha value is 0.329. The molecule has 0 fully saturated rings. The summed E-state index contributed by atoms with van der Waals surface area (Å²) in [6, 6.07) is 7.78. The molecule has 0 amide bonds. The van der Waals surface area contributed by atoms with Crippen molar-refractivity contribution < 1.29 is 0 Å². The molecule has 0 spiro atoms. The predicted octanol–water partition coefficient (Wildman–Crippen LogP) is 1.99. The van der Waals surface area contributed by atoms with Crippen molar-refractivity contribution in [1.29, 1.82) is 0 Å². The Bertz CT molecular complexity index is 207. The summed E-state index contributed by atoms with van der Waals surface area (Å²) in [4.78, 5) is 0. The van der Waals surface area contributed by atoms with Gasteiger partial charge in [0.25, 0.3) is 0 Å². The number of hydrogen-bond donors (Lipinski definition) is 0. The summed E-state index contributed by atoms with van der Waals surface area (Å²) in [5.74, 6) is 0. The Morgan fingerprint density at radius 3 is 2.22 bits per heavy atom. The van der Waals surface area contributed by atoms with Crippen LogP contribution in [-0.4, -0.2) is 15.1 Å². The molecule has 0 saturated carbocycles. The standard InChI is InChI=1S/C6H4ClPSe/c7-5-1-3-6(8-9)4-2-5/h1-4H. The third-order valence-corrected chi connectivity index (χ3v) is 3.02. The van der Waals surface area contributed by atoms with Gasteiger partial charge in [-0.2, -0.15) is 0 Å². The third kappa shape index (κ3) is 2.20. The first-order chi connectivity index (χ1) is 4.33. The second kappa shape index (κ2) is 3.49. The van der Waals surface area contributed by atoms with Gasteiger partial charge < -0.3 is 0 Å². The van der Waals surface area contributed by atoms with Crippen LogP contribution in [0.4, 0.5) is 0 Å². The SMILES string of the molecule is Clc1ccc(P=[Se])cc1.